The Hall–Kier alpha value is -2.49. The Kier molecular flexibility index (Phi) is 5.28. The van der Waals surface area contributed by atoms with Crippen molar-refractivity contribution in [2.24, 2.45) is 0 Å². The number of likely N-dealkylation sites (N-methyl/N-ethyl adjacent to an activating group) is 1. The summed E-state index contributed by atoms with van der Waals surface area (Å²) >= 11 is 9.74. The Morgan fingerprint density at radius 1 is 1.14 bits per heavy atom. The molecule has 1 saturated heterocycles. The summed E-state index contributed by atoms with van der Waals surface area (Å²) in [6, 6.07) is 14.0. The van der Waals surface area contributed by atoms with Crippen LogP contribution in [0.3, 0.4) is 0 Å². The molecular formula is C20H14BrN3O3S2. The van der Waals surface area contributed by atoms with Crippen molar-refractivity contribution in [3.63, 3.8) is 0 Å². The van der Waals surface area contributed by atoms with E-state index >= 15 is 0 Å². The van der Waals surface area contributed by atoms with Gasteiger partial charge in [0.25, 0.3) is 17.7 Å². The van der Waals surface area contributed by atoms with Crippen molar-refractivity contribution >= 4 is 73.2 Å². The molecule has 0 bridgehead atoms. The summed E-state index contributed by atoms with van der Waals surface area (Å²) in [5.41, 5.74) is 4.65. The molecule has 29 heavy (non-hydrogen) atoms. The zero-order valence-corrected chi connectivity index (χ0v) is 18.4. The third kappa shape index (κ3) is 3.39. The molecule has 0 atom stereocenters. The molecule has 2 heterocycles. The van der Waals surface area contributed by atoms with Crippen LogP contribution in [0.4, 0.5) is 5.69 Å². The summed E-state index contributed by atoms with van der Waals surface area (Å²) in [4.78, 5) is 40.4. The van der Waals surface area contributed by atoms with Gasteiger partial charge in [0.2, 0.25) is 0 Å². The molecule has 0 unspecified atom stereocenters. The molecule has 2 aliphatic heterocycles. The van der Waals surface area contributed by atoms with Gasteiger partial charge in [-0.05, 0) is 49.5 Å². The molecular weight excluding hydrogens is 474 g/mol. The summed E-state index contributed by atoms with van der Waals surface area (Å²) in [6.07, 6.45) is 0. The number of thiocarbonyl (C=S) groups is 1. The number of carbonyl (C=O) groups excluding carboxylic acids is 3. The maximum Gasteiger partial charge on any atom is 0.286 e. The highest BCUT2D eigenvalue weighted by molar-refractivity contribution is 9.10. The van der Waals surface area contributed by atoms with Gasteiger partial charge in [-0.1, -0.05) is 45.9 Å². The number of anilines is 1. The number of carbonyl (C=O) groups is 3. The monoisotopic (exact) mass is 487 g/mol. The smallest absolute Gasteiger partial charge is 0.286 e. The number of hydrogen-bond acceptors (Lipinski definition) is 5. The molecule has 2 aromatic rings. The molecule has 0 saturated carbocycles. The molecule has 2 aliphatic rings. The van der Waals surface area contributed by atoms with Gasteiger partial charge in [-0.15, -0.1) is 0 Å². The number of nitrogens with one attached hydrogen (secondary N) is 1. The lowest BCUT2D eigenvalue weighted by molar-refractivity contribution is -0.124. The predicted molar refractivity (Wildman–Crippen MR) is 120 cm³/mol. The largest absolute Gasteiger partial charge is 0.308 e. The van der Waals surface area contributed by atoms with Gasteiger partial charge in [0.1, 0.15) is 0 Å². The van der Waals surface area contributed by atoms with E-state index in [2.05, 4.69) is 21.4 Å². The minimum Gasteiger partial charge on any atom is -0.308 e. The van der Waals surface area contributed by atoms with Gasteiger partial charge >= 0.3 is 0 Å². The number of fused-ring (bicyclic) bond motifs is 1. The summed E-state index contributed by atoms with van der Waals surface area (Å²) in [5, 5.41) is 1.03. The van der Waals surface area contributed by atoms with Crippen LogP contribution in [0.25, 0.3) is 5.57 Å². The standard InChI is InChI=1S/C20H14BrN3O3S2/c1-2-23-14-9-8-12(21)10-13(14)15(18(23)26)16-19(27)24(20(28)29-16)22-17(25)11-6-4-3-5-7-11/h3-10H,2H2,1H3,(H,22,25)/b16-15-. The third-order valence-electron chi connectivity index (χ3n) is 4.54. The zero-order chi connectivity index (χ0) is 20.7. The lowest BCUT2D eigenvalue weighted by Crippen LogP contribution is -2.45. The topological polar surface area (TPSA) is 69.7 Å². The fraction of sp³-hybridized carbons (Fsp3) is 0.100. The number of benzene rings is 2. The van der Waals surface area contributed by atoms with Crippen molar-refractivity contribution in [3.8, 4) is 0 Å². The predicted octanol–water partition coefficient (Wildman–Crippen LogP) is 3.73. The van der Waals surface area contributed by atoms with Gasteiger partial charge in [0, 0.05) is 22.1 Å². The normalized spacial score (nSPS) is 18.5. The molecule has 4 rings (SSSR count). The second-order valence-corrected chi connectivity index (χ2v) is 8.79. The summed E-state index contributed by atoms with van der Waals surface area (Å²) in [7, 11) is 0. The van der Waals surface area contributed by atoms with Crippen LogP contribution in [0, 0.1) is 0 Å². The number of amides is 3. The molecule has 0 aromatic heterocycles. The van der Waals surface area contributed by atoms with Crippen molar-refractivity contribution in [3.05, 3.63) is 69.0 Å². The lowest BCUT2D eigenvalue weighted by Gasteiger charge is -2.15. The van der Waals surface area contributed by atoms with E-state index in [4.69, 9.17) is 12.2 Å². The first-order chi connectivity index (χ1) is 13.9. The van der Waals surface area contributed by atoms with E-state index in [0.29, 0.717) is 23.2 Å². The minimum absolute atomic E-state index is 0.168. The van der Waals surface area contributed by atoms with E-state index < -0.39 is 11.8 Å². The van der Waals surface area contributed by atoms with Crippen LogP contribution >= 0.6 is 39.9 Å². The fourth-order valence-electron chi connectivity index (χ4n) is 3.21. The second kappa shape index (κ2) is 7.74. The van der Waals surface area contributed by atoms with E-state index in [-0.39, 0.29) is 15.1 Å². The minimum atomic E-state index is -0.517. The molecule has 9 heteroatoms. The van der Waals surface area contributed by atoms with Gasteiger partial charge in [-0.25, -0.2) is 0 Å². The Morgan fingerprint density at radius 3 is 2.55 bits per heavy atom. The maximum absolute atomic E-state index is 13.1. The maximum atomic E-state index is 13.1. The first-order valence-electron chi connectivity index (χ1n) is 8.70. The number of halogens is 1. The number of hydrogen-bond donors (Lipinski definition) is 1. The molecule has 6 nitrogen and oxygen atoms in total. The van der Waals surface area contributed by atoms with E-state index in [0.717, 1.165) is 26.9 Å². The quantitative estimate of drug-likeness (QED) is 0.527. The van der Waals surface area contributed by atoms with Gasteiger partial charge in [-0.2, -0.15) is 5.01 Å². The third-order valence-corrected chi connectivity index (χ3v) is 6.41. The molecule has 2 aromatic carbocycles. The lowest BCUT2D eigenvalue weighted by atomic mass is 10.1. The molecule has 0 spiro atoms. The van der Waals surface area contributed by atoms with Crippen LogP contribution in [0.1, 0.15) is 22.8 Å². The molecule has 146 valence electrons. The fourth-order valence-corrected chi connectivity index (χ4v) is 4.82. The number of rotatable bonds is 3. The van der Waals surface area contributed by atoms with Crippen LogP contribution in [0.15, 0.2) is 57.9 Å². The van der Waals surface area contributed by atoms with Gasteiger partial charge in [-0.3, -0.25) is 19.8 Å². The van der Waals surface area contributed by atoms with Crippen LogP contribution < -0.4 is 10.3 Å². The number of nitrogens with zero attached hydrogens (tertiary/aromatic N) is 2. The van der Waals surface area contributed by atoms with Crippen LogP contribution in [-0.4, -0.2) is 33.6 Å². The van der Waals surface area contributed by atoms with Crippen molar-refractivity contribution < 1.29 is 14.4 Å². The zero-order valence-electron chi connectivity index (χ0n) is 15.1. The second-order valence-electron chi connectivity index (χ2n) is 6.23. The SMILES string of the molecule is CCN1C(=O)/C(=C2\SC(=S)N(NC(=O)c3ccccc3)C2=O)c2cc(Br)ccc21. The molecule has 1 fully saturated rings. The highest BCUT2D eigenvalue weighted by Crippen LogP contribution is 2.45. The van der Waals surface area contributed by atoms with E-state index in [1.807, 2.05) is 25.1 Å². The Balaban J connectivity index is 1.72. The Labute approximate surface area is 185 Å². The average molecular weight is 488 g/mol. The summed E-state index contributed by atoms with van der Waals surface area (Å²) < 4.78 is 0.966. The van der Waals surface area contributed by atoms with Gasteiger partial charge < -0.3 is 4.90 Å². The van der Waals surface area contributed by atoms with E-state index in [9.17, 15) is 14.4 Å². The highest BCUT2D eigenvalue weighted by Gasteiger charge is 2.42. The van der Waals surface area contributed by atoms with Crippen molar-refractivity contribution in [1.29, 1.82) is 0 Å². The number of thioether (sulfide) groups is 1. The summed E-state index contributed by atoms with van der Waals surface area (Å²) in [5.74, 6) is -1.23. The van der Waals surface area contributed by atoms with Gasteiger partial charge in [0.15, 0.2) is 4.32 Å². The van der Waals surface area contributed by atoms with E-state index in [1.54, 1.807) is 35.2 Å². The summed E-state index contributed by atoms with van der Waals surface area (Å²) in [6.45, 7) is 2.35. The van der Waals surface area contributed by atoms with Crippen molar-refractivity contribution in [2.75, 3.05) is 11.4 Å². The molecule has 3 amide bonds. The van der Waals surface area contributed by atoms with Crippen LogP contribution in [0.2, 0.25) is 0 Å². The van der Waals surface area contributed by atoms with Crippen LogP contribution in [-0.2, 0) is 9.59 Å². The Bertz CT molecular complexity index is 1100. The molecule has 0 aliphatic carbocycles. The highest BCUT2D eigenvalue weighted by atomic mass is 79.9. The van der Waals surface area contributed by atoms with Crippen molar-refractivity contribution in [2.45, 2.75) is 6.92 Å². The first-order valence-corrected chi connectivity index (χ1v) is 10.7. The molecule has 1 N–H and O–H groups in total. The van der Waals surface area contributed by atoms with Crippen molar-refractivity contribution in [1.82, 2.24) is 10.4 Å². The van der Waals surface area contributed by atoms with Crippen LogP contribution in [0.5, 0.6) is 0 Å². The first kappa shape index (κ1) is 19.8. The van der Waals surface area contributed by atoms with Gasteiger partial charge in [0.05, 0.1) is 16.2 Å². The average Bonchev–Trinajstić information content (AvgIpc) is 3.14. The van der Waals surface area contributed by atoms with E-state index in [1.165, 1.54) is 0 Å². The number of hydrazine groups is 1. The Morgan fingerprint density at radius 2 is 1.86 bits per heavy atom. The molecule has 0 radical (unpaired) electrons.